The molecule has 0 saturated heterocycles. The molecule has 22 heavy (non-hydrogen) atoms. The van der Waals surface area contributed by atoms with Gasteiger partial charge in [0.1, 0.15) is 19.4 Å². The fraction of sp³-hybridized carbons (Fsp3) is 0.278. The molecule has 0 aliphatic carbocycles. The Labute approximate surface area is 131 Å². The summed E-state index contributed by atoms with van der Waals surface area (Å²) in [6.07, 6.45) is 7.87. The Bertz CT molecular complexity index is 587. The number of methoxy groups -OCH3 is 2. The Morgan fingerprint density at radius 2 is 1.45 bits per heavy atom. The molecule has 1 aromatic heterocycles. The van der Waals surface area contributed by atoms with Crippen molar-refractivity contribution in [1.82, 2.24) is 0 Å². The van der Waals surface area contributed by atoms with Crippen molar-refractivity contribution in [2.45, 2.75) is 6.29 Å². The lowest BCUT2D eigenvalue weighted by Crippen LogP contribution is -2.25. The van der Waals surface area contributed by atoms with Crippen molar-refractivity contribution in [1.29, 1.82) is 0 Å². The number of aromatic nitrogens is 1. The molecule has 0 atom stereocenters. The number of rotatable bonds is 7. The molecule has 0 unspecified atom stereocenters. The van der Waals surface area contributed by atoms with E-state index >= 15 is 0 Å². The fourth-order valence-corrected chi connectivity index (χ4v) is 1.89. The molecule has 0 spiro atoms. The van der Waals surface area contributed by atoms with E-state index < -0.39 is 0 Å². The molecule has 0 N–H and O–H groups in total. The third-order valence-corrected chi connectivity index (χ3v) is 3.26. The van der Waals surface area contributed by atoms with Crippen molar-refractivity contribution >= 4 is 12.2 Å². The van der Waals surface area contributed by atoms with E-state index in [0.717, 1.165) is 11.3 Å². The minimum absolute atomic E-state index is 0.348. The highest BCUT2D eigenvalue weighted by molar-refractivity contribution is 5.69. The number of hydrogen-bond acceptors (Lipinski definition) is 3. The van der Waals surface area contributed by atoms with Crippen LogP contribution in [0.5, 0.6) is 5.75 Å². The maximum atomic E-state index is 5.60. The molecule has 0 aliphatic heterocycles. The molecule has 2 rings (SSSR count). The third-order valence-electron chi connectivity index (χ3n) is 3.26. The van der Waals surface area contributed by atoms with Gasteiger partial charge in [-0.05, 0) is 23.3 Å². The molecule has 4 nitrogen and oxygen atoms in total. The first kappa shape index (κ1) is 16.2. The van der Waals surface area contributed by atoms with Crippen molar-refractivity contribution in [2.24, 2.45) is 7.05 Å². The monoisotopic (exact) mass is 300 g/mol. The van der Waals surface area contributed by atoms with Gasteiger partial charge in [-0.1, -0.05) is 24.3 Å². The summed E-state index contributed by atoms with van der Waals surface area (Å²) >= 11 is 0. The van der Waals surface area contributed by atoms with Crippen LogP contribution in [-0.4, -0.2) is 27.1 Å². The van der Waals surface area contributed by atoms with Crippen molar-refractivity contribution in [3.63, 3.8) is 0 Å². The maximum absolute atomic E-state index is 5.60. The average molecular weight is 300 g/mol. The quantitative estimate of drug-likeness (QED) is 0.582. The van der Waals surface area contributed by atoms with Crippen LogP contribution in [0.1, 0.15) is 11.1 Å². The summed E-state index contributed by atoms with van der Waals surface area (Å²) in [6, 6.07) is 12.1. The molecule has 4 heteroatoms. The summed E-state index contributed by atoms with van der Waals surface area (Å²) in [5, 5.41) is 0. The Morgan fingerprint density at radius 1 is 0.909 bits per heavy atom. The number of hydrogen-bond donors (Lipinski definition) is 0. The Morgan fingerprint density at radius 3 is 2.00 bits per heavy atom. The predicted molar refractivity (Wildman–Crippen MR) is 86.3 cm³/mol. The molecule has 0 amide bonds. The summed E-state index contributed by atoms with van der Waals surface area (Å²) in [4.78, 5) is 0. The molecule has 0 aliphatic rings. The smallest absolute Gasteiger partial charge is 0.191 e. The maximum Gasteiger partial charge on any atom is 0.191 e. The Balaban J connectivity index is 1.92. The SMILES string of the molecule is COC(COc1ccc(C=Cc2cc[n+](C)cc2)cc1)OC. The summed E-state index contributed by atoms with van der Waals surface area (Å²) in [5.41, 5.74) is 2.29. The van der Waals surface area contributed by atoms with E-state index in [9.17, 15) is 0 Å². The number of aryl methyl sites for hydroxylation is 1. The standard InChI is InChI=1S/C18H22NO3/c1-19-12-10-16(11-13-19)5-4-15-6-8-17(9-7-15)22-14-18(20-2)21-3/h4-13,18H,14H2,1-3H3/q+1. The second-order valence-corrected chi connectivity index (χ2v) is 4.91. The second-order valence-electron chi connectivity index (χ2n) is 4.91. The summed E-state index contributed by atoms with van der Waals surface area (Å²) in [5.74, 6) is 0.794. The second kappa shape index (κ2) is 8.32. The summed E-state index contributed by atoms with van der Waals surface area (Å²) in [6.45, 7) is 0.364. The van der Waals surface area contributed by atoms with Gasteiger partial charge in [0, 0.05) is 26.4 Å². The van der Waals surface area contributed by atoms with Gasteiger partial charge in [0.2, 0.25) is 0 Å². The highest BCUT2D eigenvalue weighted by atomic mass is 16.7. The van der Waals surface area contributed by atoms with Crippen molar-refractivity contribution in [3.8, 4) is 5.75 Å². The molecule has 1 aromatic carbocycles. The molecule has 2 aromatic rings. The lowest BCUT2D eigenvalue weighted by molar-refractivity contribution is -0.671. The average Bonchev–Trinajstić information content (AvgIpc) is 2.56. The summed E-state index contributed by atoms with van der Waals surface area (Å²) < 4.78 is 17.8. The van der Waals surface area contributed by atoms with E-state index in [1.165, 1.54) is 5.56 Å². The van der Waals surface area contributed by atoms with Crippen LogP contribution in [0.3, 0.4) is 0 Å². The van der Waals surface area contributed by atoms with Crippen LogP contribution in [0.2, 0.25) is 0 Å². The van der Waals surface area contributed by atoms with Gasteiger partial charge in [0.05, 0.1) is 0 Å². The summed E-state index contributed by atoms with van der Waals surface area (Å²) in [7, 11) is 5.19. The van der Waals surface area contributed by atoms with E-state index in [1.807, 2.05) is 48.3 Å². The van der Waals surface area contributed by atoms with Crippen LogP contribution in [0.25, 0.3) is 12.2 Å². The van der Waals surface area contributed by atoms with Crippen LogP contribution in [0.15, 0.2) is 48.8 Å². The molecule has 0 bridgehead atoms. The molecule has 0 saturated carbocycles. The van der Waals surface area contributed by atoms with Crippen LogP contribution in [0.4, 0.5) is 0 Å². The number of benzene rings is 1. The van der Waals surface area contributed by atoms with Gasteiger partial charge in [-0.15, -0.1) is 0 Å². The van der Waals surface area contributed by atoms with Crippen molar-refractivity contribution in [2.75, 3.05) is 20.8 Å². The first-order valence-corrected chi connectivity index (χ1v) is 7.13. The zero-order valence-electron chi connectivity index (χ0n) is 13.2. The molecule has 116 valence electrons. The minimum atomic E-state index is -0.348. The highest BCUT2D eigenvalue weighted by Gasteiger charge is 2.05. The van der Waals surface area contributed by atoms with Gasteiger partial charge >= 0.3 is 0 Å². The van der Waals surface area contributed by atoms with E-state index in [-0.39, 0.29) is 6.29 Å². The molecule has 0 radical (unpaired) electrons. The van der Waals surface area contributed by atoms with E-state index in [2.05, 4.69) is 24.3 Å². The molecule has 0 fully saturated rings. The lowest BCUT2D eigenvalue weighted by Gasteiger charge is -2.14. The van der Waals surface area contributed by atoms with Crippen LogP contribution in [-0.2, 0) is 16.5 Å². The molecule has 1 heterocycles. The van der Waals surface area contributed by atoms with Gasteiger partial charge in [0.25, 0.3) is 0 Å². The van der Waals surface area contributed by atoms with Crippen molar-refractivity contribution < 1.29 is 18.8 Å². The lowest BCUT2D eigenvalue weighted by atomic mass is 10.1. The van der Waals surface area contributed by atoms with Gasteiger partial charge in [-0.25, -0.2) is 4.57 Å². The van der Waals surface area contributed by atoms with Crippen LogP contribution in [0, 0.1) is 0 Å². The number of ether oxygens (including phenoxy) is 3. The fourth-order valence-electron chi connectivity index (χ4n) is 1.89. The third kappa shape index (κ3) is 4.98. The van der Waals surface area contributed by atoms with E-state index in [1.54, 1.807) is 14.2 Å². The number of pyridine rings is 1. The number of nitrogens with zero attached hydrogens (tertiary/aromatic N) is 1. The molecular weight excluding hydrogens is 278 g/mol. The van der Waals surface area contributed by atoms with Gasteiger partial charge in [-0.3, -0.25) is 0 Å². The Hall–Kier alpha value is -2.17. The normalized spacial score (nSPS) is 11.3. The van der Waals surface area contributed by atoms with E-state index in [0.29, 0.717) is 6.61 Å². The van der Waals surface area contributed by atoms with Gasteiger partial charge < -0.3 is 14.2 Å². The van der Waals surface area contributed by atoms with Gasteiger partial charge in [0.15, 0.2) is 18.7 Å². The zero-order valence-corrected chi connectivity index (χ0v) is 13.2. The molecular formula is C18H22NO3+. The first-order valence-electron chi connectivity index (χ1n) is 7.13. The topological polar surface area (TPSA) is 31.6 Å². The first-order chi connectivity index (χ1) is 10.7. The van der Waals surface area contributed by atoms with Crippen LogP contribution < -0.4 is 9.30 Å². The van der Waals surface area contributed by atoms with Crippen LogP contribution >= 0.6 is 0 Å². The van der Waals surface area contributed by atoms with Gasteiger partial charge in [-0.2, -0.15) is 0 Å². The Kier molecular flexibility index (Phi) is 6.13. The predicted octanol–water partition coefficient (Wildman–Crippen LogP) is 2.68. The van der Waals surface area contributed by atoms with Crippen molar-refractivity contribution in [3.05, 3.63) is 59.9 Å². The zero-order chi connectivity index (χ0) is 15.8. The largest absolute Gasteiger partial charge is 0.488 e. The van der Waals surface area contributed by atoms with E-state index in [4.69, 9.17) is 14.2 Å². The minimum Gasteiger partial charge on any atom is -0.488 e. The highest BCUT2D eigenvalue weighted by Crippen LogP contribution is 2.15.